The highest BCUT2D eigenvalue weighted by atomic mass is 32.1. The number of aromatic nitrogens is 1. The van der Waals surface area contributed by atoms with Gasteiger partial charge in [-0.15, -0.1) is 11.3 Å². The van der Waals surface area contributed by atoms with Crippen LogP contribution in [-0.4, -0.2) is 35.3 Å². The number of hydrogen-bond acceptors (Lipinski definition) is 5. The third kappa shape index (κ3) is 3.47. The lowest BCUT2D eigenvalue weighted by atomic mass is 10.1. The highest BCUT2D eigenvalue weighted by Gasteiger charge is 2.29. The highest BCUT2D eigenvalue weighted by molar-refractivity contribution is 7.16. The molecule has 1 fully saturated rings. The first kappa shape index (κ1) is 17.4. The van der Waals surface area contributed by atoms with E-state index >= 15 is 0 Å². The molecular formula is C20H19N5OS. The molecular weight excluding hydrogens is 358 g/mol. The summed E-state index contributed by atoms with van der Waals surface area (Å²) in [7, 11) is 1.71. The van der Waals surface area contributed by atoms with Crippen LogP contribution < -0.4 is 11.1 Å². The summed E-state index contributed by atoms with van der Waals surface area (Å²) in [6, 6.07) is 15.6. The average Bonchev–Trinajstić information content (AvgIpc) is 3.27. The van der Waals surface area contributed by atoms with Crippen LogP contribution in [0.1, 0.15) is 17.2 Å². The summed E-state index contributed by atoms with van der Waals surface area (Å²) in [5, 5.41) is 3.14. The van der Waals surface area contributed by atoms with Gasteiger partial charge in [0.05, 0.1) is 21.8 Å². The normalized spacial score (nSPS) is 18.4. The van der Waals surface area contributed by atoms with Crippen molar-refractivity contribution in [2.24, 2.45) is 10.7 Å². The minimum absolute atomic E-state index is 0.123. The summed E-state index contributed by atoms with van der Waals surface area (Å²) >= 11 is 1.58. The highest BCUT2D eigenvalue weighted by Crippen LogP contribution is 2.22. The lowest BCUT2D eigenvalue weighted by molar-refractivity contribution is -0.121. The fourth-order valence-corrected chi connectivity index (χ4v) is 3.69. The second kappa shape index (κ2) is 7.30. The predicted octanol–water partition coefficient (Wildman–Crippen LogP) is 2.75. The molecule has 1 aliphatic rings. The zero-order valence-electron chi connectivity index (χ0n) is 14.8. The Balaban J connectivity index is 1.62. The van der Waals surface area contributed by atoms with Crippen molar-refractivity contribution in [1.82, 2.24) is 15.2 Å². The number of fused-ring (bicyclic) bond motifs is 1. The minimum atomic E-state index is -0.211. The molecule has 0 radical (unpaired) electrons. The number of nitrogens with two attached hydrogens (primary N) is 1. The predicted molar refractivity (Wildman–Crippen MR) is 109 cm³/mol. The Morgan fingerprint density at radius 2 is 2.11 bits per heavy atom. The zero-order chi connectivity index (χ0) is 18.8. The van der Waals surface area contributed by atoms with Gasteiger partial charge in [0.25, 0.3) is 5.91 Å². The van der Waals surface area contributed by atoms with Gasteiger partial charge in [0.15, 0.2) is 0 Å². The monoisotopic (exact) mass is 377 g/mol. The average molecular weight is 377 g/mol. The fraction of sp³-hybridized carbons (Fsp3) is 0.150. The molecule has 1 atom stereocenters. The molecule has 0 aliphatic carbocycles. The largest absolute Gasteiger partial charge is 0.328 e. The first-order valence-corrected chi connectivity index (χ1v) is 9.46. The molecule has 1 aliphatic heterocycles. The van der Waals surface area contributed by atoms with E-state index in [1.165, 1.54) is 4.90 Å². The van der Waals surface area contributed by atoms with Crippen molar-refractivity contribution in [3.8, 4) is 0 Å². The van der Waals surface area contributed by atoms with Crippen LogP contribution >= 0.6 is 11.3 Å². The molecule has 1 unspecified atom stereocenters. The number of carbonyl (C=O) groups excluding carboxylic acids is 1. The van der Waals surface area contributed by atoms with Crippen molar-refractivity contribution < 1.29 is 4.79 Å². The third-order valence-corrected chi connectivity index (χ3v) is 5.24. The van der Waals surface area contributed by atoms with Gasteiger partial charge in [-0.1, -0.05) is 36.4 Å². The molecule has 136 valence electrons. The zero-order valence-corrected chi connectivity index (χ0v) is 15.6. The Hall–Kier alpha value is -3.03. The summed E-state index contributed by atoms with van der Waals surface area (Å²) in [6.45, 7) is 0.359. The molecule has 1 amide bonds. The Kier molecular flexibility index (Phi) is 4.70. The van der Waals surface area contributed by atoms with Gasteiger partial charge >= 0.3 is 0 Å². The molecule has 6 nitrogen and oxygen atoms in total. The molecule has 3 aromatic rings. The molecule has 2 heterocycles. The quantitative estimate of drug-likeness (QED) is 0.685. The molecule has 0 bridgehead atoms. The van der Waals surface area contributed by atoms with Gasteiger partial charge in [0, 0.05) is 13.6 Å². The van der Waals surface area contributed by atoms with Crippen LogP contribution in [0.25, 0.3) is 16.3 Å². The van der Waals surface area contributed by atoms with Gasteiger partial charge in [-0.2, -0.15) is 0 Å². The van der Waals surface area contributed by atoms with Crippen LogP contribution in [0.15, 0.2) is 64.7 Å². The van der Waals surface area contributed by atoms with Gasteiger partial charge in [0.2, 0.25) is 5.96 Å². The molecule has 0 saturated carbocycles. The second-order valence-electron chi connectivity index (χ2n) is 6.24. The summed E-state index contributed by atoms with van der Waals surface area (Å²) in [6.07, 6.45) is 1.83. The summed E-state index contributed by atoms with van der Waals surface area (Å²) in [4.78, 5) is 23.1. The first-order chi connectivity index (χ1) is 13.2. The van der Waals surface area contributed by atoms with E-state index < -0.39 is 0 Å². The van der Waals surface area contributed by atoms with Crippen molar-refractivity contribution in [1.29, 1.82) is 0 Å². The van der Waals surface area contributed by atoms with Crippen molar-refractivity contribution >= 4 is 39.5 Å². The van der Waals surface area contributed by atoms with E-state index in [1.807, 2.05) is 60.1 Å². The van der Waals surface area contributed by atoms with Gasteiger partial charge in [0.1, 0.15) is 5.70 Å². The Morgan fingerprint density at radius 1 is 1.30 bits per heavy atom. The van der Waals surface area contributed by atoms with Crippen LogP contribution in [0.5, 0.6) is 0 Å². The Labute approximate surface area is 161 Å². The van der Waals surface area contributed by atoms with E-state index in [1.54, 1.807) is 18.4 Å². The molecule has 7 heteroatoms. The lowest BCUT2D eigenvalue weighted by Gasteiger charge is -2.14. The van der Waals surface area contributed by atoms with Crippen LogP contribution in [0.3, 0.4) is 0 Å². The van der Waals surface area contributed by atoms with E-state index in [0.29, 0.717) is 18.2 Å². The maximum atomic E-state index is 12.6. The van der Waals surface area contributed by atoms with Gasteiger partial charge in [-0.25, -0.2) is 9.98 Å². The van der Waals surface area contributed by atoms with Gasteiger partial charge in [-0.3, -0.25) is 9.69 Å². The van der Waals surface area contributed by atoms with Gasteiger partial charge < -0.3 is 11.1 Å². The molecule has 4 rings (SSSR count). The number of amides is 1. The lowest BCUT2D eigenvalue weighted by Crippen LogP contribution is -2.29. The number of aliphatic imine (C=N–C) groups is 1. The van der Waals surface area contributed by atoms with Gasteiger partial charge in [-0.05, 0) is 29.3 Å². The number of thiazole rings is 1. The van der Waals surface area contributed by atoms with Crippen molar-refractivity contribution in [3.05, 3.63) is 70.9 Å². The molecule has 3 N–H and O–H groups in total. The van der Waals surface area contributed by atoms with Crippen LogP contribution in [0.4, 0.5) is 0 Å². The maximum absolute atomic E-state index is 12.6. The molecule has 27 heavy (non-hydrogen) atoms. The summed E-state index contributed by atoms with van der Waals surface area (Å²) in [5.41, 5.74) is 11.1. The van der Waals surface area contributed by atoms with E-state index in [2.05, 4.69) is 15.3 Å². The third-order valence-electron chi connectivity index (χ3n) is 4.45. The van der Waals surface area contributed by atoms with Crippen molar-refractivity contribution in [3.63, 3.8) is 0 Å². The summed E-state index contributed by atoms with van der Waals surface area (Å²) < 4.78 is 1.09. The topological polar surface area (TPSA) is 83.6 Å². The molecule has 0 spiro atoms. The van der Waals surface area contributed by atoms with Crippen molar-refractivity contribution in [2.45, 2.75) is 6.04 Å². The van der Waals surface area contributed by atoms with Crippen LogP contribution in [0.2, 0.25) is 0 Å². The molecule has 1 saturated heterocycles. The van der Waals surface area contributed by atoms with E-state index in [-0.39, 0.29) is 11.9 Å². The summed E-state index contributed by atoms with van der Waals surface area (Å²) in [5.74, 6) is 0.381. The Bertz CT molecular complexity index is 1040. The standard InChI is InChI=1S/C20H19N5OS/c1-25-19(26)16(9-13-7-8-15-18(10-13)27-12-22-15)23-20(25)24-17(11-21)14-5-3-2-4-6-14/h2-10,12,17H,11,21H2,1H3,(H,23,24)/b16-9-. The fourth-order valence-electron chi connectivity index (χ4n) is 2.97. The smallest absolute Gasteiger partial charge is 0.276 e. The second-order valence-corrected chi connectivity index (χ2v) is 7.13. The van der Waals surface area contributed by atoms with Crippen LogP contribution in [-0.2, 0) is 4.79 Å². The number of nitrogens with zero attached hydrogens (tertiary/aromatic N) is 3. The number of likely N-dealkylation sites (N-methyl/N-ethyl adjacent to an activating group) is 1. The molecule has 1 aromatic heterocycles. The van der Waals surface area contributed by atoms with E-state index in [4.69, 9.17) is 5.73 Å². The Morgan fingerprint density at radius 3 is 2.89 bits per heavy atom. The van der Waals surface area contributed by atoms with Crippen LogP contribution in [0, 0.1) is 0 Å². The number of hydrogen-bond donors (Lipinski definition) is 2. The number of rotatable bonds is 4. The van der Waals surface area contributed by atoms with E-state index in [9.17, 15) is 4.79 Å². The maximum Gasteiger partial charge on any atom is 0.276 e. The minimum Gasteiger partial charge on any atom is -0.328 e. The number of nitrogens with one attached hydrogen (secondary N) is 1. The SMILES string of the molecule is CN1C(=O)/C(=C/c2ccc3ncsc3c2)NC1=NC(CN)c1ccccc1. The number of guanidine groups is 1. The first-order valence-electron chi connectivity index (χ1n) is 8.58. The molecule has 2 aromatic carbocycles. The van der Waals surface area contributed by atoms with E-state index in [0.717, 1.165) is 21.3 Å². The number of benzene rings is 2. The number of carbonyl (C=O) groups is 1. The van der Waals surface area contributed by atoms with Crippen molar-refractivity contribution in [2.75, 3.05) is 13.6 Å².